The minimum Gasteiger partial charge on any atom is -0.481 e. The van der Waals surface area contributed by atoms with Crippen LogP contribution in [0.3, 0.4) is 0 Å². The molecule has 0 spiro atoms. The molecule has 0 aromatic carbocycles. The maximum atomic E-state index is 12.0. The van der Waals surface area contributed by atoms with Crippen LogP contribution in [0.2, 0.25) is 0 Å². The quantitative estimate of drug-likeness (QED) is 0.453. The Hall–Kier alpha value is -1.10. The maximum Gasteiger partial charge on any atom is 0.337 e. The van der Waals surface area contributed by atoms with Gasteiger partial charge in [0.2, 0.25) is 0 Å². The van der Waals surface area contributed by atoms with E-state index in [2.05, 4.69) is 6.92 Å². The first-order valence-electron chi connectivity index (χ1n) is 10.1. The number of carboxylic acid groups (broad SMARTS) is 2. The number of rotatable bonds is 13. The molecule has 1 fully saturated rings. The summed E-state index contributed by atoms with van der Waals surface area (Å²) in [6, 6.07) is 0. The monoisotopic (exact) mass is 356 g/mol. The molecule has 0 aromatic heterocycles. The van der Waals surface area contributed by atoms with E-state index in [1.54, 1.807) is 6.92 Å². The molecule has 25 heavy (non-hydrogen) atoms. The van der Waals surface area contributed by atoms with Gasteiger partial charge in [0, 0.05) is 6.61 Å². The second-order valence-corrected chi connectivity index (χ2v) is 7.40. The molecule has 2 N–H and O–H groups in total. The predicted octanol–water partition coefficient (Wildman–Crippen LogP) is 5.02. The summed E-state index contributed by atoms with van der Waals surface area (Å²) in [5.41, 5.74) is -2.88. The summed E-state index contributed by atoms with van der Waals surface area (Å²) in [7, 11) is 0. The van der Waals surface area contributed by atoms with Gasteiger partial charge in [-0.3, -0.25) is 4.79 Å². The highest BCUT2D eigenvalue weighted by Gasteiger charge is 2.62. The molecule has 0 heterocycles. The summed E-state index contributed by atoms with van der Waals surface area (Å²) in [5, 5.41) is 19.6. The van der Waals surface area contributed by atoms with Gasteiger partial charge >= 0.3 is 11.9 Å². The zero-order chi connectivity index (χ0) is 18.8. The smallest absolute Gasteiger partial charge is 0.337 e. The zero-order valence-electron chi connectivity index (χ0n) is 16.0. The van der Waals surface area contributed by atoms with Crippen molar-refractivity contribution in [3.63, 3.8) is 0 Å². The van der Waals surface area contributed by atoms with Gasteiger partial charge in [-0.15, -0.1) is 0 Å². The van der Waals surface area contributed by atoms with E-state index in [9.17, 15) is 19.8 Å². The first kappa shape index (κ1) is 21.9. The number of carboxylic acids is 2. The topological polar surface area (TPSA) is 83.8 Å². The van der Waals surface area contributed by atoms with Gasteiger partial charge in [-0.25, -0.2) is 4.79 Å². The van der Waals surface area contributed by atoms with E-state index in [0.717, 1.165) is 25.7 Å². The van der Waals surface area contributed by atoms with E-state index >= 15 is 0 Å². The molecule has 0 aliphatic heterocycles. The molecule has 2 atom stereocenters. The predicted molar refractivity (Wildman–Crippen MR) is 97.8 cm³/mol. The SMILES string of the molecule is CCCCCCCCCCOC1(C(=O)O)CCCCC1(CC)C(=O)O. The molecule has 0 aromatic rings. The van der Waals surface area contributed by atoms with Gasteiger partial charge in [0.05, 0.1) is 0 Å². The fourth-order valence-corrected chi connectivity index (χ4v) is 4.20. The van der Waals surface area contributed by atoms with Crippen molar-refractivity contribution in [3.8, 4) is 0 Å². The van der Waals surface area contributed by atoms with Crippen LogP contribution >= 0.6 is 0 Å². The van der Waals surface area contributed by atoms with Crippen molar-refractivity contribution in [2.24, 2.45) is 5.41 Å². The van der Waals surface area contributed by atoms with E-state index < -0.39 is 23.0 Å². The van der Waals surface area contributed by atoms with Crippen molar-refractivity contribution in [2.75, 3.05) is 6.61 Å². The summed E-state index contributed by atoms with van der Waals surface area (Å²) >= 11 is 0. The lowest BCUT2D eigenvalue weighted by Gasteiger charge is -2.47. The Morgan fingerprint density at radius 3 is 1.92 bits per heavy atom. The molecule has 0 radical (unpaired) electrons. The standard InChI is InChI=1S/C20H36O5/c1-3-5-6-7-8-9-10-13-16-25-20(18(23)24)15-12-11-14-19(20,4-2)17(21)22/h3-16H2,1-2H3,(H,21,22)(H,23,24). The van der Waals surface area contributed by atoms with Gasteiger partial charge in [0.1, 0.15) is 5.41 Å². The molecule has 0 bridgehead atoms. The third kappa shape index (κ3) is 5.19. The second-order valence-electron chi connectivity index (χ2n) is 7.40. The Morgan fingerprint density at radius 1 is 0.840 bits per heavy atom. The molecule has 1 rings (SSSR count). The zero-order valence-corrected chi connectivity index (χ0v) is 16.0. The van der Waals surface area contributed by atoms with Gasteiger partial charge in [0.25, 0.3) is 0 Å². The van der Waals surface area contributed by atoms with Crippen LogP contribution in [0.5, 0.6) is 0 Å². The van der Waals surface area contributed by atoms with Gasteiger partial charge in [-0.1, -0.05) is 65.2 Å². The lowest BCUT2D eigenvalue weighted by molar-refractivity contribution is -0.210. The highest BCUT2D eigenvalue weighted by molar-refractivity contribution is 5.89. The largest absolute Gasteiger partial charge is 0.481 e. The third-order valence-corrected chi connectivity index (χ3v) is 5.86. The molecule has 0 amide bonds. The second kappa shape index (κ2) is 10.8. The Labute approximate surface area is 152 Å². The fourth-order valence-electron chi connectivity index (χ4n) is 4.20. The van der Waals surface area contributed by atoms with Crippen LogP contribution in [-0.2, 0) is 14.3 Å². The van der Waals surface area contributed by atoms with Crippen molar-refractivity contribution in [3.05, 3.63) is 0 Å². The van der Waals surface area contributed by atoms with E-state index in [1.807, 2.05) is 0 Å². The highest BCUT2D eigenvalue weighted by Crippen LogP contribution is 2.49. The number of unbranched alkanes of at least 4 members (excludes halogenated alkanes) is 7. The first-order chi connectivity index (χ1) is 12.0. The summed E-state index contributed by atoms with van der Waals surface area (Å²) in [4.78, 5) is 24.0. The third-order valence-electron chi connectivity index (χ3n) is 5.86. The highest BCUT2D eigenvalue weighted by atomic mass is 16.5. The van der Waals surface area contributed by atoms with Crippen LogP contribution in [0.15, 0.2) is 0 Å². The average Bonchev–Trinajstić information content (AvgIpc) is 2.60. The number of carbonyl (C=O) groups is 2. The Morgan fingerprint density at radius 2 is 1.40 bits per heavy atom. The lowest BCUT2D eigenvalue weighted by atomic mass is 9.61. The summed E-state index contributed by atoms with van der Waals surface area (Å²) in [5.74, 6) is -2.15. The number of hydrogen-bond acceptors (Lipinski definition) is 3. The Bertz CT molecular complexity index is 422. The van der Waals surface area contributed by atoms with Crippen molar-refractivity contribution in [1.82, 2.24) is 0 Å². The lowest BCUT2D eigenvalue weighted by Crippen LogP contribution is -2.61. The minimum absolute atomic E-state index is 0.284. The normalized spacial score (nSPS) is 26.5. The van der Waals surface area contributed by atoms with Crippen molar-refractivity contribution < 1.29 is 24.5 Å². The molecular formula is C20H36O5. The molecule has 2 unspecified atom stereocenters. The molecule has 5 nitrogen and oxygen atoms in total. The van der Waals surface area contributed by atoms with Crippen molar-refractivity contribution >= 4 is 11.9 Å². The summed E-state index contributed by atoms with van der Waals surface area (Å²) in [6.07, 6.45) is 11.6. The van der Waals surface area contributed by atoms with Gasteiger partial charge in [0.15, 0.2) is 5.60 Å². The van der Waals surface area contributed by atoms with Gasteiger partial charge < -0.3 is 14.9 Å². The van der Waals surface area contributed by atoms with E-state index in [4.69, 9.17) is 4.74 Å². The van der Waals surface area contributed by atoms with Crippen LogP contribution in [0, 0.1) is 5.41 Å². The first-order valence-corrected chi connectivity index (χ1v) is 10.1. The number of ether oxygens (including phenoxy) is 1. The van der Waals surface area contributed by atoms with Gasteiger partial charge in [-0.2, -0.15) is 0 Å². The molecule has 1 saturated carbocycles. The number of hydrogen-bond donors (Lipinski definition) is 2. The summed E-state index contributed by atoms with van der Waals surface area (Å²) < 4.78 is 5.86. The van der Waals surface area contributed by atoms with Gasteiger partial charge in [-0.05, 0) is 32.1 Å². The van der Waals surface area contributed by atoms with E-state index in [1.165, 1.54) is 32.1 Å². The van der Waals surface area contributed by atoms with Crippen LogP contribution in [0.1, 0.15) is 97.3 Å². The van der Waals surface area contributed by atoms with Crippen LogP contribution in [0.4, 0.5) is 0 Å². The molecular weight excluding hydrogens is 320 g/mol. The molecule has 146 valence electrons. The van der Waals surface area contributed by atoms with Crippen LogP contribution < -0.4 is 0 Å². The Kier molecular flexibility index (Phi) is 9.47. The molecule has 5 heteroatoms. The average molecular weight is 357 g/mol. The van der Waals surface area contributed by atoms with Crippen LogP contribution in [-0.4, -0.2) is 34.4 Å². The fraction of sp³-hybridized carbons (Fsp3) is 0.900. The van der Waals surface area contributed by atoms with E-state index in [0.29, 0.717) is 25.9 Å². The maximum absolute atomic E-state index is 12.0. The van der Waals surface area contributed by atoms with Crippen molar-refractivity contribution in [2.45, 2.75) is 103 Å². The summed E-state index contributed by atoms with van der Waals surface area (Å²) in [6.45, 7) is 4.29. The minimum atomic E-state index is -1.58. The van der Waals surface area contributed by atoms with E-state index in [-0.39, 0.29) is 6.42 Å². The molecule has 1 aliphatic carbocycles. The van der Waals surface area contributed by atoms with Crippen LogP contribution in [0.25, 0.3) is 0 Å². The van der Waals surface area contributed by atoms with Crippen molar-refractivity contribution in [1.29, 1.82) is 0 Å². The molecule has 0 saturated heterocycles. The number of aliphatic carboxylic acids is 2. The Balaban J connectivity index is 2.55. The molecule has 1 aliphatic rings.